The summed E-state index contributed by atoms with van der Waals surface area (Å²) in [5.41, 5.74) is 0.377. The van der Waals surface area contributed by atoms with Gasteiger partial charge in [0, 0.05) is 25.7 Å². The van der Waals surface area contributed by atoms with Gasteiger partial charge < -0.3 is 24.4 Å². The number of benzene rings is 1. The smallest absolute Gasteiger partial charge is 0.410 e. The molecule has 3 atom stereocenters. The number of piperidine rings is 1. The van der Waals surface area contributed by atoms with Crippen molar-refractivity contribution in [3.63, 3.8) is 0 Å². The average Bonchev–Trinajstić information content (AvgIpc) is 2.93. The van der Waals surface area contributed by atoms with E-state index >= 15 is 0 Å². The van der Waals surface area contributed by atoms with Gasteiger partial charge in [-0.2, -0.15) is 0 Å². The molecule has 1 aromatic carbocycles. The number of carbonyl (C=O) groups is 2. The van der Waals surface area contributed by atoms with Crippen LogP contribution < -0.4 is 5.32 Å². The number of nitrogens with zero attached hydrogens (tertiary/aromatic N) is 2. The number of carbonyl (C=O) groups excluding carboxylic acids is 2. The molecule has 1 aromatic rings. The van der Waals surface area contributed by atoms with Gasteiger partial charge in [0.15, 0.2) is 0 Å². The van der Waals surface area contributed by atoms with Gasteiger partial charge in [0.1, 0.15) is 5.60 Å². The average molecular weight is 446 g/mol. The van der Waals surface area contributed by atoms with Crippen molar-refractivity contribution in [2.75, 3.05) is 19.6 Å². The molecule has 2 amide bonds. The fourth-order valence-electron chi connectivity index (χ4n) is 3.95. The van der Waals surface area contributed by atoms with Gasteiger partial charge in [-0.05, 0) is 45.6 Å². The highest BCUT2D eigenvalue weighted by molar-refractivity contribution is 5.83. The molecule has 8 nitrogen and oxygen atoms in total. The van der Waals surface area contributed by atoms with Crippen LogP contribution in [0.3, 0.4) is 0 Å². The van der Waals surface area contributed by atoms with Crippen molar-refractivity contribution < 1.29 is 24.2 Å². The monoisotopic (exact) mass is 445 g/mol. The van der Waals surface area contributed by atoms with Crippen molar-refractivity contribution in [1.29, 1.82) is 0 Å². The summed E-state index contributed by atoms with van der Waals surface area (Å²) in [7, 11) is 0. The zero-order valence-corrected chi connectivity index (χ0v) is 19.2. The van der Waals surface area contributed by atoms with Crippen molar-refractivity contribution >= 4 is 12.0 Å². The molecule has 0 bridgehead atoms. The predicted octanol–water partition coefficient (Wildman–Crippen LogP) is 2.63. The second-order valence-corrected chi connectivity index (χ2v) is 9.29. The first kappa shape index (κ1) is 24.2. The summed E-state index contributed by atoms with van der Waals surface area (Å²) >= 11 is 0. The van der Waals surface area contributed by atoms with Crippen LogP contribution in [0.5, 0.6) is 0 Å². The van der Waals surface area contributed by atoms with Gasteiger partial charge in [0.2, 0.25) is 12.3 Å². The number of amides is 2. The van der Waals surface area contributed by atoms with E-state index in [1.54, 1.807) is 9.80 Å². The number of hydrogen-bond acceptors (Lipinski definition) is 6. The minimum absolute atomic E-state index is 0.0989. The van der Waals surface area contributed by atoms with Crippen molar-refractivity contribution in [2.24, 2.45) is 0 Å². The Kier molecular flexibility index (Phi) is 8.28. The van der Waals surface area contributed by atoms with Crippen LogP contribution in [0.15, 0.2) is 42.5 Å². The molecule has 2 N–H and O–H groups in total. The standard InChI is InChI=1S/C24H35N3O5/c1-24(2,3)32-23(30)26-14-9-12-19(16-26)27-15-8-7-13-20(21(27)28)25-22(29)31-17-18-10-5-4-6-11-18/h4-8,10-11,19-20,22,25,29H,9,12-17H2,1-3H3/t19-,20-,22?/m1/s1. The summed E-state index contributed by atoms with van der Waals surface area (Å²) in [6, 6.07) is 8.84. The summed E-state index contributed by atoms with van der Waals surface area (Å²) < 4.78 is 11.0. The van der Waals surface area contributed by atoms with Crippen molar-refractivity contribution in [2.45, 2.75) is 70.7 Å². The molecule has 1 saturated heterocycles. The second kappa shape index (κ2) is 10.9. The maximum atomic E-state index is 13.3. The molecule has 1 unspecified atom stereocenters. The number of rotatable bonds is 6. The fraction of sp³-hybridized carbons (Fsp3) is 0.583. The number of hydrogen-bond donors (Lipinski definition) is 2. The third-order valence-corrected chi connectivity index (χ3v) is 5.51. The van der Waals surface area contributed by atoms with E-state index in [-0.39, 0.29) is 24.6 Å². The molecular weight excluding hydrogens is 410 g/mol. The SMILES string of the molecule is CC(C)(C)OC(=O)N1CCC[C@@H](N2CC=CC[C@@H](NC(O)OCc3ccccc3)C2=O)C1. The Labute approximate surface area is 190 Å². The molecule has 0 aliphatic carbocycles. The van der Waals surface area contributed by atoms with Crippen LogP contribution in [0.4, 0.5) is 4.79 Å². The van der Waals surface area contributed by atoms with Crippen LogP contribution >= 0.6 is 0 Å². The minimum Gasteiger partial charge on any atom is -0.444 e. The lowest BCUT2D eigenvalue weighted by molar-refractivity contribution is -0.151. The van der Waals surface area contributed by atoms with Gasteiger partial charge in [-0.3, -0.25) is 10.1 Å². The molecule has 3 rings (SSSR count). The van der Waals surface area contributed by atoms with E-state index < -0.39 is 18.1 Å². The van der Waals surface area contributed by atoms with Gasteiger partial charge in [-0.25, -0.2) is 4.79 Å². The van der Waals surface area contributed by atoms with E-state index in [1.807, 2.05) is 63.3 Å². The summed E-state index contributed by atoms with van der Waals surface area (Å²) in [4.78, 5) is 29.3. The predicted molar refractivity (Wildman–Crippen MR) is 120 cm³/mol. The number of aliphatic hydroxyl groups excluding tert-OH is 1. The highest BCUT2D eigenvalue weighted by Gasteiger charge is 2.35. The topological polar surface area (TPSA) is 91.3 Å². The van der Waals surface area contributed by atoms with Crippen molar-refractivity contribution in [3.05, 3.63) is 48.0 Å². The Bertz CT molecular complexity index is 793. The third kappa shape index (κ3) is 7.05. The molecule has 0 radical (unpaired) electrons. The molecule has 0 saturated carbocycles. The summed E-state index contributed by atoms with van der Waals surface area (Å²) in [6.45, 7) is 7.31. The molecule has 32 heavy (non-hydrogen) atoms. The zero-order valence-electron chi connectivity index (χ0n) is 19.2. The first-order valence-corrected chi connectivity index (χ1v) is 11.3. The van der Waals surface area contributed by atoms with E-state index in [1.165, 1.54) is 0 Å². The van der Waals surface area contributed by atoms with Gasteiger partial charge in [-0.15, -0.1) is 0 Å². The largest absolute Gasteiger partial charge is 0.444 e. The van der Waals surface area contributed by atoms with Crippen molar-refractivity contribution in [1.82, 2.24) is 15.1 Å². The van der Waals surface area contributed by atoms with Crippen LogP contribution in [0.2, 0.25) is 0 Å². The molecule has 1 fully saturated rings. The normalized spacial score (nSPS) is 23.1. The molecule has 2 aliphatic heterocycles. The van der Waals surface area contributed by atoms with Gasteiger partial charge in [-0.1, -0.05) is 42.5 Å². The molecule has 176 valence electrons. The van der Waals surface area contributed by atoms with Crippen LogP contribution in [-0.2, 0) is 20.9 Å². The maximum absolute atomic E-state index is 13.3. The molecule has 2 heterocycles. The van der Waals surface area contributed by atoms with E-state index in [0.717, 1.165) is 18.4 Å². The molecular formula is C24H35N3O5. The Morgan fingerprint density at radius 2 is 2.00 bits per heavy atom. The first-order valence-electron chi connectivity index (χ1n) is 11.3. The maximum Gasteiger partial charge on any atom is 0.410 e. The fourth-order valence-corrected chi connectivity index (χ4v) is 3.95. The minimum atomic E-state index is -1.26. The molecule has 8 heteroatoms. The number of likely N-dealkylation sites (tertiary alicyclic amines) is 1. The molecule has 0 aromatic heterocycles. The highest BCUT2D eigenvalue weighted by Crippen LogP contribution is 2.21. The number of nitrogens with one attached hydrogen (secondary N) is 1. The lowest BCUT2D eigenvalue weighted by atomic mass is 10.0. The lowest BCUT2D eigenvalue weighted by Crippen LogP contribution is -2.57. The molecule has 2 aliphatic rings. The van der Waals surface area contributed by atoms with E-state index in [9.17, 15) is 14.7 Å². The second-order valence-electron chi connectivity index (χ2n) is 9.29. The van der Waals surface area contributed by atoms with E-state index in [0.29, 0.717) is 26.1 Å². The number of aliphatic hydroxyl groups is 1. The Hall–Kier alpha value is -2.42. The lowest BCUT2D eigenvalue weighted by Gasteiger charge is -2.40. The Morgan fingerprint density at radius 3 is 2.72 bits per heavy atom. The van der Waals surface area contributed by atoms with Crippen LogP contribution in [-0.4, -0.2) is 70.6 Å². The van der Waals surface area contributed by atoms with E-state index in [4.69, 9.17) is 9.47 Å². The Balaban J connectivity index is 1.58. The van der Waals surface area contributed by atoms with Gasteiger partial charge in [0.05, 0.1) is 12.6 Å². The summed E-state index contributed by atoms with van der Waals surface area (Å²) in [5.74, 6) is -0.103. The van der Waals surface area contributed by atoms with Gasteiger partial charge >= 0.3 is 6.09 Å². The summed E-state index contributed by atoms with van der Waals surface area (Å²) in [6.07, 6.45) is 4.37. The quantitative estimate of drug-likeness (QED) is 0.517. The van der Waals surface area contributed by atoms with Crippen LogP contribution in [0, 0.1) is 0 Å². The van der Waals surface area contributed by atoms with Crippen LogP contribution in [0.1, 0.15) is 45.6 Å². The van der Waals surface area contributed by atoms with Crippen LogP contribution in [0.25, 0.3) is 0 Å². The van der Waals surface area contributed by atoms with Gasteiger partial charge in [0.25, 0.3) is 0 Å². The zero-order chi connectivity index (χ0) is 23.1. The third-order valence-electron chi connectivity index (χ3n) is 5.51. The highest BCUT2D eigenvalue weighted by atomic mass is 16.6. The Morgan fingerprint density at radius 1 is 1.25 bits per heavy atom. The summed E-state index contributed by atoms with van der Waals surface area (Å²) in [5, 5.41) is 13.2. The number of ether oxygens (including phenoxy) is 2. The molecule has 0 spiro atoms. The van der Waals surface area contributed by atoms with E-state index in [2.05, 4.69) is 5.32 Å². The first-order chi connectivity index (χ1) is 15.2. The van der Waals surface area contributed by atoms with Crippen molar-refractivity contribution in [3.8, 4) is 0 Å².